The highest BCUT2D eigenvalue weighted by Crippen LogP contribution is 2.24. The van der Waals surface area contributed by atoms with Crippen LogP contribution >= 0.6 is 0 Å². The Hall–Kier alpha value is -3.35. The van der Waals surface area contributed by atoms with Crippen molar-refractivity contribution in [3.05, 3.63) is 60.6 Å². The SMILES string of the molecule is CC(=O)N1CCN(c2cc(NCc3ccco3)nc(-c3ccccc3)n2)CC1. The number of hydrogen-bond donors (Lipinski definition) is 1. The van der Waals surface area contributed by atoms with Crippen LogP contribution in [-0.4, -0.2) is 47.0 Å². The molecular formula is C21H23N5O2. The Morgan fingerprint density at radius 3 is 2.54 bits per heavy atom. The smallest absolute Gasteiger partial charge is 0.219 e. The first-order valence-electron chi connectivity index (χ1n) is 9.40. The number of piperazine rings is 1. The topological polar surface area (TPSA) is 74.5 Å². The summed E-state index contributed by atoms with van der Waals surface area (Å²) in [6.45, 7) is 5.08. The molecule has 0 radical (unpaired) electrons. The van der Waals surface area contributed by atoms with Gasteiger partial charge in [-0.15, -0.1) is 0 Å². The Bertz CT molecular complexity index is 919. The molecule has 0 bridgehead atoms. The number of carbonyl (C=O) groups is 1. The standard InChI is InChI=1S/C21H23N5O2/c1-16(27)25-9-11-26(12-10-25)20-14-19(22-15-18-8-5-13-28-18)23-21(24-20)17-6-3-2-4-7-17/h2-8,13-14H,9-12,15H2,1H3,(H,22,23,24). The van der Waals surface area contributed by atoms with E-state index in [0.29, 0.717) is 25.5 Å². The number of rotatable bonds is 5. The Labute approximate surface area is 164 Å². The van der Waals surface area contributed by atoms with Crippen LogP contribution in [0.25, 0.3) is 11.4 Å². The summed E-state index contributed by atoms with van der Waals surface area (Å²) in [5.41, 5.74) is 0.966. The molecule has 7 nitrogen and oxygen atoms in total. The molecular weight excluding hydrogens is 354 g/mol. The van der Waals surface area contributed by atoms with Crippen LogP contribution in [0.2, 0.25) is 0 Å². The predicted molar refractivity (Wildman–Crippen MR) is 108 cm³/mol. The van der Waals surface area contributed by atoms with Crippen LogP contribution in [0.5, 0.6) is 0 Å². The summed E-state index contributed by atoms with van der Waals surface area (Å²) >= 11 is 0. The van der Waals surface area contributed by atoms with Crippen molar-refractivity contribution in [1.82, 2.24) is 14.9 Å². The largest absolute Gasteiger partial charge is 0.467 e. The van der Waals surface area contributed by atoms with Gasteiger partial charge in [0.25, 0.3) is 0 Å². The first-order chi connectivity index (χ1) is 13.7. The van der Waals surface area contributed by atoms with E-state index in [0.717, 1.165) is 36.0 Å². The van der Waals surface area contributed by atoms with Gasteiger partial charge < -0.3 is 19.5 Å². The molecule has 1 aromatic carbocycles. The molecule has 2 aromatic heterocycles. The highest BCUT2D eigenvalue weighted by Gasteiger charge is 2.21. The van der Waals surface area contributed by atoms with Gasteiger partial charge in [0.15, 0.2) is 5.82 Å². The summed E-state index contributed by atoms with van der Waals surface area (Å²) in [4.78, 5) is 25.1. The monoisotopic (exact) mass is 377 g/mol. The van der Waals surface area contributed by atoms with Crippen LogP contribution < -0.4 is 10.2 Å². The molecule has 1 aliphatic rings. The highest BCUT2D eigenvalue weighted by atomic mass is 16.3. The van der Waals surface area contributed by atoms with Crippen molar-refractivity contribution < 1.29 is 9.21 Å². The van der Waals surface area contributed by atoms with Gasteiger partial charge >= 0.3 is 0 Å². The zero-order valence-corrected chi connectivity index (χ0v) is 15.8. The number of carbonyl (C=O) groups excluding carboxylic acids is 1. The third-order valence-corrected chi connectivity index (χ3v) is 4.82. The molecule has 1 aliphatic heterocycles. The summed E-state index contributed by atoms with van der Waals surface area (Å²) in [7, 11) is 0. The van der Waals surface area contributed by atoms with E-state index < -0.39 is 0 Å². The van der Waals surface area contributed by atoms with Crippen LogP contribution in [0.1, 0.15) is 12.7 Å². The van der Waals surface area contributed by atoms with Crippen LogP contribution in [-0.2, 0) is 11.3 Å². The van der Waals surface area contributed by atoms with Gasteiger partial charge in [-0.05, 0) is 12.1 Å². The zero-order chi connectivity index (χ0) is 19.3. The van der Waals surface area contributed by atoms with Gasteiger partial charge in [0, 0.05) is 44.7 Å². The quantitative estimate of drug-likeness (QED) is 0.737. The number of nitrogens with one attached hydrogen (secondary N) is 1. The lowest BCUT2D eigenvalue weighted by molar-refractivity contribution is -0.129. The third-order valence-electron chi connectivity index (χ3n) is 4.82. The highest BCUT2D eigenvalue weighted by molar-refractivity contribution is 5.73. The maximum Gasteiger partial charge on any atom is 0.219 e. The molecule has 4 rings (SSSR count). The fourth-order valence-corrected chi connectivity index (χ4v) is 3.24. The summed E-state index contributed by atoms with van der Waals surface area (Å²) in [6.07, 6.45) is 1.66. The molecule has 3 heterocycles. The molecule has 144 valence electrons. The minimum absolute atomic E-state index is 0.119. The fourth-order valence-electron chi connectivity index (χ4n) is 3.24. The van der Waals surface area contributed by atoms with Crippen LogP contribution in [0.15, 0.2) is 59.2 Å². The van der Waals surface area contributed by atoms with E-state index in [1.807, 2.05) is 53.4 Å². The van der Waals surface area contributed by atoms with E-state index in [9.17, 15) is 4.79 Å². The Morgan fingerprint density at radius 2 is 1.86 bits per heavy atom. The van der Waals surface area contributed by atoms with E-state index in [4.69, 9.17) is 9.40 Å². The average molecular weight is 377 g/mol. The minimum Gasteiger partial charge on any atom is -0.467 e. The second-order valence-electron chi connectivity index (χ2n) is 6.73. The molecule has 1 N–H and O–H groups in total. The molecule has 0 unspecified atom stereocenters. The van der Waals surface area contributed by atoms with Gasteiger partial charge in [-0.25, -0.2) is 9.97 Å². The Balaban J connectivity index is 1.59. The summed E-state index contributed by atoms with van der Waals surface area (Å²) < 4.78 is 5.40. The van der Waals surface area contributed by atoms with Gasteiger partial charge in [0.2, 0.25) is 5.91 Å². The Kier molecular flexibility index (Phi) is 5.23. The summed E-state index contributed by atoms with van der Waals surface area (Å²) in [6, 6.07) is 15.7. The number of furan rings is 1. The summed E-state index contributed by atoms with van der Waals surface area (Å²) in [5.74, 6) is 3.24. The molecule has 0 saturated carbocycles. The van der Waals surface area contributed by atoms with Gasteiger partial charge in [-0.1, -0.05) is 30.3 Å². The van der Waals surface area contributed by atoms with Crippen molar-refractivity contribution in [3.8, 4) is 11.4 Å². The number of nitrogens with zero attached hydrogens (tertiary/aromatic N) is 4. The first-order valence-corrected chi connectivity index (χ1v) is 9.40. The molecule has 0 aliphatic carbocycles. The zero-order valence-electron chi connectivity index (χ0n) is 15.8. The second-order valence-corrected chi connectivity index (χ2v) is 6.73. The molecule has 28 heavy (non-hydrogen) atoms. The Morgan fingerprint density at radius 1 is 1.07 bits per heavy atom. The number of aromatic nitrogens is 2. The van der Waals surface area contributed by atoms with Gasteiger partial charge in [-0.3, -0.25) is 4.79 Å². The van der Waals surface area contributed by atoms with E-state index >= 15 is 0 Å². The first kappa shape index (κ1) is 18.0. The normalized spacial score (nSPS) is 14.2. The van der Waals surface area contributed by atoms with Crippen molar-refractivity contribution in [2.75, 3.05) is 36.4 Å². The number of anilines is 2. The maximum atomic E-state index is 11.6. The molecule has 0 atom stereocenters. The van der Waals surface area contributed by atoms with E-state index in [-0.39, 0.29) is 5.91 Å². The number of hydrogen-bond acceptors (Lipinski definition) is 6. The maximum absolute atomic E-state index is 11.6. The minimum atomic E-state index is 0.119. The van der Waals surface area contributed by atoms with Crippen LogP contribution in [0.4, 0.5) is 11.6 Å². The van der Waals surface area contributed by atoms with Gasteiger partial charge in [0.05, 0.1) is 12.8 Å². The van der Waals surface area contributed by atoms with Crippen molar-refractivity contribution in [3.63, 3.8) is 0 Å². The third kappa shape index (κ3) is 4.14. The molecule has 0 spiro atoms. The second kappa shape index (κ2) is 8.12. The predicted octanol–water partition coefficient (Wildman–Crippen LogP) is 3.02. The van der Waals surface area contributed by atoms with E-state index in [2.05, 4.69) is 15.2 Å². The lowest BCUT2D eigenvalue weighted by Crippen LogP contribution is -2.48. The van der Waals surface area contributed by atoms with Gasteiger partial charge in [0.1, 0.15) is 17.4 Å². The lowest BCUT2D eigenvalue weighted by atomic mass is 10.2. The van der Waals surface area contributed by atoms with E-state index in [1.165, 1.54) is 0 Å². The molecule has 1 saturated heterocycles. The van der Waals surface area contributed by atoms with Gasteiger partial charge in [-0.2, -0.15) is 0 Å². The average Bonchev–Trinajstić information content (AvgIpc) is 3.26. The fraction of sp³-hybridized carbons (Fsp3) is 0.286. The van der Waals surface area contributed by atoms with Crippen molar-refractivity contribution in [1.29, 1.82) is 0 Å². The van der Waals surface area contributed by atoms with E-state index in [1.54, 1.807) is 13.2 Å². The van der Waals surface area contributed by atoms with Crippen molar-refractivity contribution in [2.24, 2.45) is 0 Å². The number of benzene rings is 1. The summed E-state index contributed by atoms with van der Waals surface area (Å²) in [5, 5.41) is 3.33. The van der Waals surface area contributed by atoms with Crippen LogP contribution in [0, 0.1) is 0 Å². The lowest BCUT2D eigenvalue weighted by Gasteiger charge is -2.35. The molecule has 7 heteroatoms. The molecule has 1 amide bonds. The number of amides is 1. The van der Waals surface area contributed by atoms with Crippen LogP contribution in [0.3, 0.4) is 0 Å². The molecule has 1 fully saturated rings. The van der Waals surface area contributed by atoms with Crippen molar-refractivity contribution in [2.45, 2.75) is 13.5 Å². The molecule has 3 aromatic rings. The van der Waals surface area contributed by atoms with Crippen molar-refractivity contribution >= 4 is 17.5 Å².